The summed E-state index contributed by atoms with van der Waals surface area (Å²) in [6, 6.07) is 19.2. The lowest BCUT2D eigenvalue weighted by molar-refractivity contribution is 0.172. The third-order valence-corrected chi connectivity index (χ3v) is 4.66. The number of anilines is 1. The van der Waals surface area contributed by atoms with E-state index in [1.807, 2.05) is 6.07 Å². The zero-order valence-electron chi connectivity index (χ0n) is 12.6. The molecule has 1 heterocycles. The van der Waals surface area contributed by atoms with E-state index >= 15 is 0 Å². The number of aryl methyl sites for hydroxylation is 1. The molecule has 0 radical (unpaired) electrons. The van der Waals surface area contributed by atoms with Crippen LogP contribution in [0.4, 0.5) is 5.69 Å². The molecule has 2 aromatic carbocycles. The first kappa shape index (κ1) is 14.2. The summed E-state index contributed by atoms with van der Waals surface area (Å²) in [5.74, 6) is 0. The topological polar surface area (TPSA) is 23.5 Å². The lowest BCUT2D eigenvalue weighted by Gasteiger charge is -2.43. The standard InChI is InChI=1S/C19H23NO/c1-16-8-10-18(11-9-16)20-13-5-12-19(14-20,15-21)17-6-3-2-4-7-17/h2-4,6-11,21H,5,12-15H2,1H3. The van der Waals surface area contributed by atoms with Gasteiger partial charge in [0.15, 0.2) is 0 Å². The molecule has 1 aliphatic rings. The van der Waals surface area contributed by atoms with E-state index in [0.717, 1.165) is 25.9 Å². The van der Waals surface area contributed by atoms with Gasteiger partial charge in [0.1, 0.15) is 0 Å². The molecular weight excluding hydrogens is 258 g/mol. The van der Waals surface area contributed by atoms with E-state index in [0.29, 0.717) is 0 Å². The van der Waals surface area contributed by atoms with Crippen molar-refractivity contribution < 1.29 is 5.11 Å². The third kappa shape index (κ3) is 2.81. The molecule has 2 nitrogen and oxygen atoms in total. The summed E-state index contributed by atoms with van der Waals surface area (Å²) in [6.45, 7) is 4.27. The van der Waals surface area contributed by atoms with E-state index < -0.39 is 0 Å². The highest BCUT2D eigenvalue weighted by Crippen LogP contribution is 2.35. The smallest absolute Gasteiger partial charge is 0.0545 e. The second-order valence-corrected chi connectivity index (χ2v) is 6.17. The van der Waals surface area contributed by atoms with Crippen molar-refractivity contribution in [3.05, 3.63) is 65.7 Å². The Kier molecular flexibility index (Phi) is 3.98. The lowest BCUT2D eigenvalue weighted by Crippen LogP contribution is -2.48. The van der Waals surface area contributed by atoms with E-state index in [1.165, 1.54) is 16.8 Å². The van der Waals surface area contributed by atoms with Crippen LogP contribution in [0, 0.1) is 6.92 Å². The van der Waals surface area contributed by atoms with Gasteiger partial charge < -0.3 is 10.0 Å². The van der Waals surface area contributed by atoms with E-state index in [9.17, 15) is 5.11 Å². The molecule has 110 valence electrons. The van der Waals surface area contributed by atoms with Gasteiger partial charge >= 0.3 is 0 Å². The fraction of sp³-hybridized carbons (Fsp3) is 0.368. The minimum absolute atomic E-state index is 0.135. The Morgan fingerprint density at radius 2 is 1.76 bits per heavy atom. The number of aliphatic hydroxyl groups excluding tert-OH is 1. The molecule has 0 spiro atoms. The summed E-state index contributed by atoms with van der Waals surface area (Å²) in [5.41, 5.74) is 3.66. The van der Waals surface area contributed by atoms with Crippen molar-refractivity contribution in [3.8, 4) is 0 Å². The zero-order valence-corrected chi connectivity index (χ0v) is 12.6. The first-order valence-electron chi connectivity index (χ1n) is 7.72. The van der Waals surface area contributed by atoms with Crippen LogP contribution in [-0.4, -0.2) is 24.8 Å². The maximum atomic E-state index is 10.1. The lowest BCUT2D eigenvalue weighted by atomic mass is 9.74. The minimum Gasteiger partial charge on any atom is -0.395 e. The van der Waals surface area contributed by atoms with Crippen LogP contribution in [0.2, 0.25) is 0 Å². The van der Waals surface area contributed by atoms with Gasteiger partial charge in [0.2, 0.25) is 0 Å². The number of piperidine rings is 1. The van der Waals surface area contributed by atoms with Gasteiger partial charge in [-0.15, -0.1) is 0 Å². The molecule has 3 rings (SSSR count). The van der Waals surface area contributed by atoms with Crippen LogP contribution >= 0.6 is 0 Å². The van der Waals surface area contributed by atoms with Crippen LogP contribution in [0.1, 0.15) is 24.0 Å². The molecular formula is C19H23NO. The molecule has 1 saturated heterocycles. The normalized spacial score (nSPS) is 22.3. The molecule has 21 heavy (non-hydrogen) atoms. The molecule has 1 fully saturated rings. The van der Waals surface area contributed by atoms with Crippen LogP contribution in [-0.2, 0) is 5.41 Å². The monoisotopic (exact) mass is 281 g/mol. The average molecular weight is 281 g/mol. The van der Waals surface area contributed by atoms with Crippen molar-refractivity contribution in [1.29, 1.82) is 0 Å². The fourth-order valence-electron chi connectivity index (χ4n) is 3.36. The largest absolute Gasteiger partial charge is 0.395 e. The maximum absolute atomic E-state index is 10.1. The van der Waals surface area contributed by atoms with Gasteiger partial charge in [-0.1, -0.05) is 48.0 Å². The molecule has 0 bridgehead atoms. The summed E-state index contributed by atoms with van der Waals surface area (Å²) in [5, 5.41) is 10.1. The number of aliphatic hydroxyl groups is 1. The molecule has 1 atom stereocenters. The molecule has 1 aliphatic heterocycles. The average Bonchev–Trinajstić information content (AvgIpc) is 2.56. The van der Waals surface area contributed by atoms with Gasteiger partial charge in [-0.2, -0.15) is 0 Å². The van der Waals surface area contributed by atoms with Crippen molar-refractivity contribution in [2.45, 2.75) is 25.2 Å². The Hall–Kier alpha value is -1.80. The summed E-state index contributed by atoms with van der Waals surface area (Å²) in [6.07, 6.45) is 2.17. The summed E-state index contributed by atoms with van der Waals surface area (Å²) >= 11 is 0. The Labute approximate surface area is 127 Å². The number of rotatable bonds is 3. The maximum Gasteiger partial charge on any atom is 0.0545 e. The van der Waals surface area contributed by atoms with E-state index in [2.05, 4.69) is 60.4 Å². The molecule has 1 N–H and O–H groups in total. The molecule has 0 amide bonds. The first-order chi connectivity index (χ1) is 10.2. The minimum atomic E-state index is -0.135. The third-order valence-electron chi connectivity index (χ3n) is 4.66. The Morgan fingerprint density at radius 3 is 2.43 bits per heavy atom. The summed E-state index contributed by atoms with van der Waals surface area (Å²) in [4.78, 5) is 2.41. The van der Waals surface area contributed by atoms with Gasteiger partial charge in [-0.25, -0.2) is 0 Å². The first-order valence-corrected chi connectivity index (χ1v) is 7.72. The van der Waals surface area contributed by atoms with Crippen molar-refractivity contribution in [1.82, 2.24) is 0 Å². The highest BCUT2D eigenvalue weighted by molar-refractivity contribution is 5.49. The van der Waals surface area contributed by atoms with Crippen LogP contribution in [0.25, 0.3) is 0 Å². The molecule has 0 saturated carbocycles. The molecule has 2 aromatic rings. The predicted molar refractivity (Wildman–Crippen MR) is 87.8 cm³/mol. The van der Waals surface area contributed by atoms with Crippen molar-refractivity contribution >= 4 is 5.69 Å². The predicted octanol–water partition coefficient (Wildman–Crippen LogP) is 3.53. The molecule has 2 heteroatoms. The molecule has 0 aliphatic carbocycles. The Morgan fingerprint density at radius 1 is 1.05 bits per heavy atom. The number of nitrogens with zero attached hydrogens (tertiary/aromatic N) is 1. The fourth-order valence-corrected chi connectivity index (χ4v) is 3.36. The van der Waals surface area contributed by atoms with Crippen molar-refractivity contribution in [2.24, 2.45) is 0 Å². The second kappa shape index (κ2) is 5.90. The van der Waals surface area contributed by atoms with Gasteiger partial charge in [0.05, 0.1) is 6.61 Å². The number of benzene rings is 2. The van der Waals surface area contributed by atoms with Crippen molar-refractivity contribution in [2.75, 3.05) is 24.6 Å². The molecule has 1 unspecified atom stereocenters. The van der Waals surface area contributed by atoms with Gasteiger partial charge in [0, 0.05) is 24.2 Å². The summed E-state index contributed by atoms with van der Waals surface area (Å²) in [7, 11) is 0. The molecule has 0 aromatic heterocycles. The number of hydrogen-bond acceptors (Lipinski definition) is 2. The van der Waals surface area contributed by atoms with E-state index in [1.54, 1.807) is 0 Å². The quantitative estimate of drug-likeness (QED) is 0.930. The SMILES string of the molecule is Cc1ccc(N2CCCC(CO)(c3ccccc3)C2)cc1. The van der Waals surface area contributed by atoms with Crippen LogP contribution < -0.4 is 4.90 Å². The Bertz CT molecular complexity index is 578. The van der Waals surface area contributed by atoms with Crippen molar-refractivity contribution in [3.63, 3.8) is 0 Å². The highest BCUT2D eigenvalue weighted by Gasteiger charge is 2.36. The highest BCUT2D eigenvalue weighted by atomic mass is 16.3. The second-order valence-electron chi connectivity index (χ2n) is 6.17. The van der Waals surface area contributed by atoms with E-state index in [4.69, 9.17) is 0 Å². The van der Waals surface area contributed by atoms with Gasteiger partial charge in [-0.05, 0) is 37.5 Å². The van der Waals surface area contributed by atoms with Gasteiger partial charge in [-0.3, -0.25) is 0 Å². The number of hydrogen-bond donors (Lipinski definition) is 1. The van der Waals surface area contributed by atoms with Crippen LogP contribution in [0.5, 0.6) is 0 Å². The van der Waals surface area contributed by atoms with Crippen LogP contribution in [0.3, 0.4) is 0 Å². The van der Waals surface area contributed by atoms with Crippen LogP contribution in [0.15, 0.2) is 54.6 Å². The van der Waals surface area contributed by atoms with Gasteiger partial charge in [0.25, 0.3) is 0 Å². The van der Waals surface area contributed by atoms with E-state index in [-0.39, 0.29) is 12.0 Å². The zero-order chi connectivity index (χ0) is 14.7. The summed E-state index contributed by atoms with van der Waals surface area (Å²) < 4.78 is 0. The Balaban J connectivity index is 1.88.